The molecule has 3 aromatic rings. The van der Waals surface area contributed by atoms with E-state index < -0.39 is 23.8 Å². The summed E-state index contributed by atoms with van der Waals surface area (Å²) in [5, 5.41) is 12.0. The van der Waals surface area contributed by atoms with Crippen molar-refractivity contribution in [2.24, 2.45) is 17.3 Å². The summed E-state index contributed by atoms with van der Waals surface area (Å²) in [7, 11) is 0. The van der Waals surface area contributed by atoms with E-state index in [-0.39, 0.29) is 18.7 Å². The molecule has 11 heteroatoms. The van der Waals surface area contributed by atoms with Gasteiger partial charge >= 0.3 is 0 Å². The van der Waals surface area contributed by atoms with E-state index in [1.807, 2.05) is 30.3 Å². The quantitative estimate of drug-likeness (QED) is 0.236. The van der Waals surface area contributed by atoms with Gasteiger partial charge in [-0.2, -0.15) is 5.26 Å². The average molecular weight is 783 g/mol. The first-order valence-electron chi connectivity index (χ1n) is 20.6. The Morgan fingerprint density at radius 1 is 0.772 bits per heavy atom. The first kappa shape index (κ1) is 37.4. The smallest absolute Gasteiger partial charge is 0.262 e. The number of nitrogens with one attached hydrogen (secondary N) is 1. The SMILES string of the molecule is N#Cc1ccc(N2CCC3(CCN(c4ccc(C#C[C@H]5CC[C@H](CN6CCc7cc8c(cc7C6)C(=O)N(C6CCC(=O)NC6=O)C8=O)CC5)cc4)CC3)C2)cc1Cl. The third kappa shape index (κ3) is 7.42. The first-order valence-corrected chi connectivity index (χ1v) is 20.9. The number of carbonyl (C=O) groups excluding carboxylic acids is 4. The topological polar surface area (TPSA) is 117 Å². The number of benzene rings is 3. The van der Waals surface area contributed by atoms with E-state index in [4.69, 9.17) is 11.6 Å². The van der Waals surface area contributed by atoms with Crippen LogP contribution in [0.4, 0.5) is 11.4 Å². The van der Waals surface area contributed by atoms with Gasteiger partial charge in [0.2, 0.25) is 11.8 Å². The highest BCUT2D eigenvalue weighted by atomic mass is 35.5. The van der Waals surface area contributed by atoms with Gasteiger partial charge in [-0.15, -0.1) is 0 Å². The van der Waals surface area contributed by atoms with Gasteiger partial charge in [0, 0.05) is 75.1 Å². The molecule has 4 amide bonds. The van der Waals surface area contributed by atoms with Gasteiger partial charge in [-0.05, 0) is 135 Å². The van der Waals surface area contributed by atoms with E-state index in [0.717, 1.165) is 105 Å². The minimum absolute atomic E-state index is 0.111. The third-order valence-electron chi connectivity index (χ3n) is 13.6. The molecule has 0 radical (unpaired) electrons. The molecular weight excluding hydrogens is 736 g/mol. The highest BCUT2D eigenvalue weighted by Gasteiger charge is 2.45. The van der Waals surface area contributed by atoms with Crippen LogP contribution in [0.3, 0.4) is 0 Å². The Kier molecular flexibility index (Phi) is 10.0. The zero-order chi connectivity index (χ0) is 39.3. The predicted molar refractivity (Wildman–Crippen MR) is 218 cm³/mol. The molecule has 6 aliphatic rings. The molecule has 1 saturated carbocycles. The summed E-state index contributed by atoms with van der Waals surface area (Å²) >= 11 is 6.34. The molecule has 9 rings (SSSR count). The number of hydrogen-bond acceptors (Lipinski definition) is 8. The summed E-state index contributed by atoms with van der Waals surface area (Å²) in [5.74, 6) is 6.23. The molecule has 1 aliphatic carbocycles. The number of hydrogen-bond donors (Lipinski definition) is 1. The molecule has 1 unspecified atom stereocenters. The first-order chi connectivity index (χ1) is 27.6. The van der Waals surface area contributed by atoms with Crippen LogP contribution in [-0.2, 0) is 22.6 Å². The van der Waals surface area contributed by atoms with Gasteiger partial charge in [-0.25, -0.2) is 0 Å². The summed E-state index contributed by atoms with van der Waals surface area (Å²) < 4.78 is 0. The number of amides is 4. The molecule has 10 nitrogen and oxygen atoms in total. The number of carbonyl (C=O) groups is 4. The summed E-state index contributed by atoms with van der Waals surface area (Å²) in [5.41, 5.74) is 7.21. The Morgan fingerprint density at radius 3 is 2.14 bits per heavy atom. The second-order valence-corrected chi connectivity index (χ2v) is 17.5. The van der Waals surface area contributed by atoms with Crippen LogP contribution in [0.2, 0.25) is 5.02 Å². The molecule has 0 aromatic heterocycles. The van der Waals surface area contributed by atoms with Crippen molar-refractivity contribution in [1.29, 1.82) is 5.26 Å². The van der Waals surface area contributed by atoms with E-state index in [2.05, 4.69) is 62.2 Å². The van der Waals surface area contributed by atoms with E-state index in [1.54, 1.807) is 0 Å². The van der Waals surface area contributed by atoms with Crippen molar-refractivity contribution in [2.75, 3.05) is 49.1 Å². The average Bonchev–Trinajstić information content (AvgIpc) is 3.74. The lowest BCUT2D eigenvalue weighted by Crippen LogP contribution is -2.54. The van der Waals surface area contributed by atoms with Crippen LogP contribution in [0.1, 0.15) is 101 Å². The van der Waals surface area contributed by atoms with E-state index in [1.165, 1.54) is 24.9 Å². The fourth-order valence-corrected chi connectivity index (χ4v) is 10.3. The zero-order valence-corrected chi connectivity index (χ0v) is 33.0. The van der Waals surface area contributed by atoms with Gasteiger partial charge < -0.3 is 9.80 Å². The van der Waals surface area contributed by atoms with Crippen molar-refractivity contribution < 1.29 is 19.2 Å². The number of nitrogens with zero attached hydrogens (tertiary/aromatic N) is 5. The van der Waals surface area contributed by atoms with Gasteiger partial charge in [0.15, 0.2) is 0 Å². The third-order valence-corrected chi connectivity index (χ3v) is 13.9. The number of rotatable bonds is 5. The second kappa shape index (κ2) is 15.3. The maximum absolute atomic E-state index is 13.4. The number of piperidine rings is 2. The van der Waals surface area contributed by atoms with Crippen LogP contribution in [0.25, 0.3) is 0 Å². The van der Waals surface area contributed by atoms with Gasteiger partial charge in [0.05, 0.1) is 21.7 Å². The van der Waals surface area contributed by atoms with Crippen LogP contribution in [0, 0.1) is 40.4 Å². The summed E-state index contributed by atoms with van der Waals surface area (Å²) in [4.78, 5) is 59.3. The summed E-state index contributed by atoms with van der Waals surface area (Å²) in [6, 6.07) is 19.5. The van der Waals surface area contributed by atoms with Crippen LogP contribution in [0.15, 0.2) is 54.6 Å². The van der Waals surface area contributed by atoms with Crippen LogP contribution in [-0.4, -0.2) is 78.7 Å². The largest absolute Gasteiger partial charge is 0.371 e. The fraction of sp³-hybridized carbons (Fsp3) is 0.457. The van der Waals surface area contributed by atoms with Crippen LogP contribution >= 0.6 is 11.6 Å². The molecule has 292 valence electrons. The highest BCUT2D eigenvalue weighted by Crippen LogP contribution is 2.43. The number of anilines is 2. The van der Waals surface area contributed by atoms with Crippen LogP contribution in [0.5, 0.6) is 0 Å². The van der Waals surface area contributed by atoms with E-state index in [9.17, 15) is 24.4 Å². The van der Waals surface area contributed by atoms with Crippen molar-refractivity contribution in [3.05, 3.63) is 93.0 Å². The van der Waals surface area contributed by atoms with Gasteiger partial charge in [0.25, 0.3) is 11.8 Å². The van der Waals surface area contributed by atoms with Crippen molar-refractivity contribution in [2.45, 2.75) is 76.8 Å². The standard InChI is InChI=1S/C46H47ClN6O4/c47-40-25-37(12-9-34(40)26-48)52-22-18-46(29-52)16-20-51(21-17-46)36-10-7-31(8-11-36)2-1-30-3-5-32(6-4-30)27-50-19-15-33-23-38-39(24-35(33)28-50)45(57)53(44(38)56)41-13-14-42(54)49-43(41)55/h7-12,23-25,30,32,41H,3-6,13-22,27-29H2,(H,49,54,55)/t30-,32-,41?. The zero-order valence-electron chi connectivity index (χ0n) is 32.2. The minimum atomic E-state index is -0.947. The second-order valence-electron chi connectivity index (χ2n) is 17.1. The van der Waals surface area contributed by atoms with E-state index in [0.29, 0.717) is 39.0 Å². The molecule has 1 atom stereocenters. The maximum Gasteiger partial charge on any atom is 0.262 e. The molecule has 4 fully saturated rings. The number of nitriles is 1. The van der Waals surface area contributed by atoms with Crippen molar-refractivity contribution in [1.82, 2.24) is 15.1 Å². The molecule has 3 aromatic carbocycles. The van der Waals surface area contributed by atoms with Gasteiger partial charge in [0.1, 0.15) is 12.1 Å². The molecule has 0 bridgehead atoms. The molecule has 57 heavy (non-hydrogen) atoms. The number of halogens is 1. The van der Waals surface area contributed by atoms with Crippen molar-refractivity contribution in [3.8, 4) is 17.9 Å². The van der Waals surface area contributed by atoms with Crippen LogP contribution < -0.4 is 15.1 Å². The molecule has 1 spiro atoms. The lowest BCUT2D eigenvalue weighted by molar-refractivity contribution is -0.136. The Hall–Kier alpha value is -5.16. The van der Waals surface area contributed by atoms with E-state index >= 15 is 0 Å². The Balaban J connectivity index is 0.734. The number of fused-ring (bicyclic) bond motifs is 2. The lowest BCUT2D eigenvalue weighted by atomic mass is 9.77. The summed E-state index contributed by atoms with van der Waals surface area (Å²) in [6.07, 6.45) is 9.11. The van der Waals surface area contributed by atoms with Crippen molar-refractivity contribution in [3.63, 3.8) is 0 Å². The van der Waals surface area contributed by atoms with Gasteiger partial charge in [-0.3, -0.25) is 34.3 Å². The molecular formula is C46H47ClN6O4. The number of imide groups is 2. The molecule has 5 heterocycles. The molecule has 1 N–H and O–H groups in total. The molecule has 5 aliphatic heterocycles. The highest BCUT2D eigenvalue weighted by molar-refractivity contribution is 6.32. The Morgan fingerprint density at radius 2 is 1.46 bits per heavy atom. The Bertz CT molecular complexity index is 2240. The normalized spacial score (nSPS) is 24.5. The molecule has 3 saturated heterocycles. The minimum Gasteiger partial charge on any atom is -0.371 e. The van der Waals surface area contributed by atoms with Crippen molar-refractivity contribution >= 4 is 46.6 Å². The summed E-state index contributed by atoms with van der Waals surface area (Å²) in [6.45, 7) is 6.82. The Labute approximate surface area is 339 Å². The lowest BCUT2D eigenvalue weighted by Gasteiger charge is -2.40. The monoisotopic (exact) mass is 782 g/mol. The predicted octanol–water partition coefficient (Wildman–Crippen LogP) is 6.33. The maximum atomic E-state index is 13.4. The fourth-order valence-electron chi connectivity index (χ4n) is 10.1. The van der Waals surface area contributed by atoms with Gasteiger partial charge in [-0.1, -0.05) is 23.4 Å².